The zero-order chi connectivity index (χ0) is 25.7. The van der Waals surface area contributed by atoms with Crippen LogP contribution in [0.15, 0.2) is 53.6 Å². The van der Waals surface area contributed by atoms with Crippen LogP contribution in [0.1, 0.15) is 50.1 Å². The second-order valence-corrected chi connectivity index (χ2v) is 9.82. The fourth-order valence-electron chi connectivity index (χ4n) is 4.71. The van der Waals surface area contributed by atoms with E-state index in [0.717, 1.165) is 42.3 Å². The van der Waals surface area contributed by atoms with E-state index in [9.17, 15) is 14.7 Å². The fourth-order valence-corrected chi connectivity index (χ4v) is 4.71. The zero-order valence-electron chi connectivity index (χ0n) is 20.6. The number of aliphatic hydroxyl groups excluding tert-OH is 1. The molecule has 2 saturated carbocycles. The van der Waals surface area contributed by atoms with Gasteiger partial charge in [0.25, 0.3) is 5.56 Å². The molecule has 37 heavy (non-hydrogen) atoms. The summed E-state index contributed by atoms with van der Waals surface area (Å²) < 4.78 is 9.58. The van der Waals surface area contributed by atoms with Gasteiger partial charge >= 0.3 is 0 Å². The number of carbonyl (C=O) groups is 1. The molecule has 2 fully saturated rings. The maximum Gasteiger partial charge on any atom is 0.274 e. The predicted molar refractivity (Wildman–Crippen MR) is 140 cm³/mol. The second kappa shape index (κ2) is 9.04. The number of hydrogen-bond donors (Lipinski definition) is 3. The molecule has 3 aromatic heterocycles. The molecule has 4 aromatic rings. The molecule has 0 saturated heterocycles. The summed E-state index contributed by atoms with van der Waals surface area (Å²) in [6.07, 6.45) is 6.75. The van der Waals surface area contributed by atoms with Crippen LogP contribution in [-0.2, 0) is 11.8 Å². The Hall–Kier alpha value is -4.18. The standard InChI is InChI=1S/C27H28N6O4/c1-15(34)29-25-13-19(9-10-28-25)37-18-5-6-20-23(12-18)32(2)27(30-20)31-21-11-17(16-3-4-16)14-33(26(21)36)22-7-8-24(22)35/h5-6,9-14,16,22,24,35H,3-4,7-8H2,1-2H3,(H,30,31)(H,28,29,34). The number of imidazole rings is 1. The average molecular weight is 501 g/mol. The first-order valence-electron chi connectivity index (χ1n) is 12.4. The van der Waals surface area contributed by atoms with Crippen LogP contribution < -0.4 is 20.9 Å². The fraction of sp³-hybridized carbons (Fsp3) is 0.333. The molecule has 10 heteroatoms. The van der Waals surface area contributed by atoms with Gasteiger partial charge in [-0.3, -0.25) is 9.59 Å². The van der Waals surface area contributed by atoms with Crippen LogP contribution in [0.4, 0.5) is 17.5 Å². The van der Waals surface area contributed by atoms with Crippen LogP contribution in [0.25, 0.3) is 11.0 Å². The van der Waals surface area contributed by atoms with Crippen LogP contribution in [-0.4, -0.2) is 36.2 Å². The minimum atomic E-state index is -0.483. The van der Waals surface area contributed by atoms with E-state index in [1.165, 1.54) is 6.92 Å². The van der Waals surface area contributed by atoms with E-state index in [1.807, 2.05) is 42.1 Å². The van der Waals surface area contributed by atoms with E-state index in [1.54, 1.807) is 22.9 Å². The van der Waals surface area contributed by atoms with Crippen molar-refractivity contribution >= 4 is 34.4 Å². The minimum Gasteiger partial charge on any atom is -0.457 e. The predicted octanol–water partition coefficient (Wildman–Crippen LogP) is 4.20. The number of carbonyl (C=O) groups excluding carboxylic acids is 1. The molecule has 1 amide bonds. The molecule has 0 radical (unpaired) electrons. The molecule has 0 aliphatic heterocycles. The molecular formula is C27H28N6O4. The van der Waals surface area contributed by atoms with Gasteiger partial charge < -0.3 is 29.6 Å². The summed E-state index contributed by atoms with van der Waals surface area (Å²) in [6, 6.07) is 10.7. The summed E-state index contributed by atoms with van der Waals surface area (Å²) in [5.41, 5.74) is 2.99. The van der Waals surface area contributed by atoms with Gasteiger partial charge in [-0.05, 0) is 61.4 Å². The lowest BCUT2D eigenvalue weighted by Crippen LogP contribution is -2.39. The Bertz CT molecular complexity index is 1570. The van der Waals surface area contributed by atoms with Crippen molar-refractivity contribution in [3.8, 4) is 11.5 Å². The van der Waals surface area contributed by atoms with Gasteiger partial charge in [0, 0.05) is 38.5 Å². The van der Waals surface area contributed by atoms with Crippen molar-refractivity contribution in [1.82, 2.24) is 19.1 Å². The monoisotopic (exact) mass is 500 g/mol. The van der Waals surface area contributed by atoms with Crippen molar-refractivity contribution in [3.63, 3.8) is 0 Å². The third kappa shape index (κ3) is 4.55. The number of rotatable bonds is 7. The smallest absolute Gasteiger partial charge is 0.274 e. The van der Waals surface area contributed by atoms with E-state index < -0.39 is 6.10 Å². The number of nitrogens with one attached hydrogen (secondary N) is 2. The molecule has 10 nitrogen and oxygen atoms in total. The summed E-state index contributed by atoms with van der Waals surface area (Å²) in [4.78, 5) is 33.5. The molecule has 2 aliphatic rings. The van der Waals surface area contributed by atoms with Crippen LogP contribution in [0, 0.1) is 0 Å². The number of nitrogens with zero attached hydrogens (tertiary/aromatic N) is 4. The van der Waals surface area contributed by atoms with Gasteiger partial charge in [0.15, 0.2) is 0 Å². The quantitative estimate of drug-likeness (QED) is 0.348. The maximum atomic E-state index is 13.3. The Morgan fingerprint density at radius 3 is 2.62 bits per heavy atom. The SMILES string of the molecule is CC(=O)Nc1cc(Oc2ccc3nc(Nc4cc(C5CC5)cn(C5CCC5O)c4=O)n(C)c3c2)ccn1. The Balaban J connectivity index is 1.29. The number of anilines is 3. The normalized spacial score (nSPS) is 18.9. The second-order valence-electron chi connectivity index (χ2n) is 9.82. The van der Waals surface area contributed by atoms with Crippen molar-refractivity contribution in [2.45, 2.75) is 50.7 Å². The number of hydrogen-bond acceptors (Lipinski definition) is 7. The Morgan fingerprint density at radius 1 is 1.11 bits per heavy atom. The summed E-state index contributed by atoms with van der Waals surface area (Å²) in [5, 5.41) is 16.1. The van der Waals surface area contributed by atoms with Crippen molar-refractivity contribution < 1.29 is 14.6 Å². The van der Waals surface area contributed by atoms with E-state index in [4.69, 9.17) is 9.72 Å². The number of aromatic nitrogens is 4. The van der Waals surface area contributed by atoms with Crippen molar-refractivity contribution in [1.29, 1.82) is 0 Å². The van der Waals surface area contributed by atoms with Crippen LogP contribution in [0.2, 0.25) is 0 Å². The molecule has 2 aliphatic carbocycles. The van der Waals surface area contributed by atoms with Gasteiger partial charge in [-0.1, -0.05) is 0 Å². The molecule has 2 atom stereocenters. The lowest BCUT2D eigenvalue weighted by Gasteiger charge is -2.34. The molecule has 0 bridgehead atoms. The molecule has 190 valence electrons. The lowest BCUT2D eigenvalue weighted by atomic mass is 9.88. The number of aryl methyl sites for hydroxylation is 1. The first-order chi connectivity index (χ1) is 17.9. The van der Waals surface area contributed by atoms with E-state index in [2.05, 4.69) is 15.6 Å². The van der Waals surface area contributed by atoms with Gasteiger partial charge in [0.05, 0.1) is 23.2 Å². The molecule has 0 spiro atoms. The molecular weight excluding hydrogens is 472 g/mol. The number of pyridine rings is 2. The Kier molecular flexibility index (Phi) is 5.68. The summed E-state index contributed by atoms with van der Waals surface area (Å²) in [5.74, 6) is 2.33. The summed E-state index contributed by atoms with van der Waals surface area (Å²) in [7, 11) is 1.88. The van der Waals surface area contributed by atoms with Crippen LogP contribution in [0.3, 0.4) is 0 Å². The number of benzene rings is 1. The van der Waals surface area contributed by atoms with E-state index >= 15 is 0 Å². The minimum absolute atomic E-state index is 0.156. The van der Waals surface area contributed by atoms with E-state index in [0.29, 0.717) is 34.9 Å². The number of aliphatic hydroxyl groups is 1. The maximum absolute atomic E-state index is 13.3. The van der Waals surface area contributed by atoms with Crippen molar-refractivity contribution in [3.05, 3.63) is 64.7 Å². The highest BCUT2D eigenvalue weighted by molar-refractivity contribution is 5.87. The molecule has 2 unspecified atom stereocenters. The third-order valence-electron chi connectivity index (χ3n) is 7.04. The summed E-state index contributed by atoms with van der Waals surface area (Å²) >= 11 is 0. The van der Waals surface area contributed by atoms with Gasteiger partial charge in [0.2, 0.25) is 11.9 Å². The highest BCUT2D eigenvalue weighted by Gasteiger charge is 2.33. The lowest BCUT2D eigenvalue weighted by molar-refractivity contribution is -0.114. The van der Waals surface area contributed by atoms with Crippen LogP contribution >= 0.6 is 0 Å². The largest absolute Gasteiger partial charge is 0.457 e. The molecule has 3 heterocycles. The number of amides is 1. The number of fused-ring (bicyclic) bond motifs is 1. The molecule has 3 N–H and O–H groups in total. The average Bonchev–Trinajstić information content (AvgIpc) is 3.66. The van der Waals surface area contributed by atoms with Crippen LogP contribution in [0.5, 0.6) is 11.5 Å². The van der Waals surface area contributed by atoms with E-state index in [-0.39, 0.29) is 17.5 Å². The third-order valence-corrected chi connectivity index (χ3v) is 7.04. The van der Waals surface area contributed by atoms with Gasteiger partial charge in [-0.25, -0.2) is 9.97 Å². The first-order valence-corrected chi connectivity index (χ1v) is 12.4. The van der Waals surface area contributed by atoms with Gasteiger partial charge in [-0.15, -0.1) is 0 Å². The Morgan fingerprint density at radius 2 is 1.92 bits per heavy atom. The summed E-state index contributed by atoms with van der Waals surface area (Å²) in [6.45, 7) is 1.42. The van der Waals surface area contributed by atoms with Gasteiger partial charge in [-0.2, -0.15) is 0 Å². The Labute approximate surface area is 212 Å². The molecule has 1 aromatic carbocycles. The topological polar surface area (TPSA) is 123 Å². The van der Waals surface area contributed by atoms with Gasteiger partial charge in [0.1, 0.15) is 23.0 Å². The van der Waals surface area contributed by atoms with Crippen molar-refractivity contribution in [2.75, 3.05) is 10.6 Å². The molecule has 6 rings (SSSR count). The highest BCUT2D eigenvalue weighted by Crippen LogP contribution is 2.41. The van der Waals surface area contributed by atoms with Crippen molar-refractivity contribution in [2.24, 2.45) is 7.05 Å². The number of ether oxygens (including phenoxy) is 1. The highest BCUT2D eigenvalue weighted by atomic mass is 16.5. The zero-order valence-corrected chi connectivity index (χ0v) is 20.6. The first kappa shape index (κ1) is 23.2.